The molecule has 36 heavy (non-hydrogen) atoms. The van der Waals surface area contributed by atoms with E-state index in [9.17, 15) is 13.2 Å². The first kappa shape index (κ1) is 22.1. The number of alkyl halides is 3. The lowest BCUT2D eigenvalue weighted by molar-refractivity contribution is -0.274. The highest BCUT2D eigenvalue weighted by atomic mass is 19.4. The lowest BCUT2D eigenvalue weighted by Crippen LogP contribution is -2.17. The van der Waals surface area contributed by atoms with Gasteiger partial charge in [0.15, 0.2) is 11.6 Å². The third-order valence-electron chi connectivity index (χ3n) is 5.92. The van der Waals surface area contributed by atoms with Crippen LogP contribution in [0.4, 0.5) is 24.8 Å². The quantitative estimate of drug-likeness (QED) is 0.365. The predicted octanol–water partition coefficient (Wildman–Crippen LogP) is 4.67. The number of hydrogen-bond acceptors (Lipinski definition) is 7. The number of hydrogen-bond donors (Lipinski definition) is 1. The molecule has 0 saturated heterocycles. The summed E-state index contributed by atoms with van der Waals surface area (Å²) >= 11 is 0. The van der Waals surface area contributed by atoms with Gasteiger partial charge in [0.25, 0.3) is 0 Å². The molecule has 1 saturated carbocycles. The Labute approximate surface area is 202 Å². The van der Waals surface area contributed by atoms with Crippen molar-refractivity contribution in [3.05, 3.63) is 54.7 Å². The molecule has 5 aromatic rings. The number of aromatic nitrogens is 8. The highest BCUT2D eigenvalue weighted by Gasteiger charge is 2.31. The van der Waals surface area contributed by atoms with Crippen LogP contribution in [0.25, 0.3) is 28.4 Å². The van der Waals surface area contributed by atoms with Crippen molar-refractivity contribution >= 4 is 17.2 Å². The molecule has 0 aromatic carbocycles. The first-order valence-electron chi connectivity index (χ1n) is 11.2. The fourth-order valence-corrected chi connectivity index (χ4v) is 4.07. The van der Waals surface area contributed by atoms with Crippen molar-refractivity contribution in [2.45, 2.75) is 32.2 Å². The van der Waals surface area contributed by atoms with Crippen molar-refractivity contribution in [3.8, 4) is 28.7 Å². The van der Waals surface area contributed by atoms with Crippen molar-refractivity contribution in [1.82, 2.24) is 38.9 Å². The fourth-order valence-electron chi connectivity index (χ4n) is 4.07. The third kappa shape index (κ3) is 4.12. The van der Waals surface area contributed by atoms with Gasteiger partial charge in [-0.1, -0.05) is 0 Å². The Morgan fingerprint density at radius 2 is 1.92 bits per heavy atom. The van der Waals surface area contributed by atoms with E-state index in [0.29, 0.717) is 29.0 Å². The van der Waals surface area contributed by atoms with Crippen LogP contribution in [-0.2, 0) is 7.05 Å². The minimum absolute atomic E-state index is 0.128. The summed E-state index contributed by atoms with van der Waals surface area (Å²) in [5.41, 5.74) is 3.15. The van der Waals surface area contributed by atoms with Gasteiger partial charge in [-0.15, -0.1) is 18.3 Å². The molecular weight excluding hydrogens is 475 g/mol. The molecule has 10 nitrogen and oxygen atoms in total. The van der Waals surface area contributed by atoms with Crippen molar-refractivity contribution in [3.63, 3.8) is 0 Å². The summed E-state index contributed by atoms with van der Waals surface area (Å²) in [6, 6.07) is 4.69. The number of nitrogens with one attached hydrogen (secondary N) is 1. The van der Waals surface area contributed by atoms with Gasteiger partial charge in [0.05, 0.1) is 11.7 Å². The smallest absolute Gasteiger partial charge is 0.406 e. The summed E-state index contributed by atoms with van der Waals surface area (Å²) in [5.74, 6) is 0.930. The van der Waals surface area contributed by atoms with Crippen LogP contribution >= 0.6 is 0 Å². The van der Waals surface area contributed by atoms with E-state index in [4.69, 9.17) is 5.10 Å². The van der Waals surface area contributed by atoms with E-state index in [-0.39, 0.29) is 5.82 Å². The zero-order valence-electron chi connectivity index (χ0n) is 19.2. The maximum atomic E-state index is 12.7. The van der Waals surface area contributed by atoms with Gasteiger partial charge in [0.2, 0.25) is 5.82 Å². The molecule has 6 rings (SSSR count). The first-order valence-corrected chi connectivity index (χ1v) is 11.2. The Morgan fingerprint density at radius 3 is 2.64 bits per heavy atom. The molecule has 0 bridgehead atoms. The van der Waals surface area contributed by atoms with E-state index in [1.807, 2.05) is 37.1 Å². The Balaban J connectivity index is 1.47. The number of ether oxygens (including phenoxy) is 1. The minimum atomic E-state index is -4.82. The number of halogens is 3. The average molecular weight is 495 g/mol. The molecule has 1 fully saturated rings. The maximum absolute atomic E-state index is 12.7. The van der Waals surface area contributed by atoms with E-state index < -0.39 is 12.1 Å². The largest absolute Gasteiger partial charge is 0.573 e. The third-order valence-corrected chi connectivity index (χ3v) is 5.92. The van der Waals surface area contributed by atoms with Gasteiger partial charge in [-0.2, -0.15) is 5.10 Å². The number of rotatable bonds is 6. The predicted molar refractivity (Wildman–Crippen MR) is 124 cm³/mol. The summed E-state index contributed by atoms with van der Waals surface area (Å²) in [4.78, 5) is 13.1. The molecule has 5 heterocycles. The van der Waals surface area contributed by atoms with Crippen LogP contribution < -0.4 is 10.1 Å². The van der Waals surface area contributed by atoms with Crippen molar-refractivity contribution in [1.29, 1.82) is 0 Å². The second kappa shape index (κ2) is 8.07. The number of nitrogens with zero attached hydrogens (tertiary/aromatic N) is 8. The Morgan fingerprint density at radius 1 is 1.08 bits per heavy atom. The normalized spacial score (nSPS) is 13.9. The van der Waals surface area contributed by atoms with Crippen LogP contribution in [0.1, 0.15) is 24.4 Å². The van der Waals surface area contributed by atoms with E-state index in [1.54, 1.807) is 21.5 Å². The molecule has 184 valence electrons. The molecule has 0 atom stereocenters. The van der Waals surface area contributed by atoms with Crippen molar-refractivity contribution < 1.29 is 17.9 Å². The van der Waals surface area contributed by atoms with Gasteiger partial charge in [-0.05, 0) is 37.5 Å². The summed E-state index contributed by atoms with van der Waals surface area (Å²) in [6.45, 7) is 1.92. The number of pyridine rings is 1. The molecule has 1 N–H and O–H groups in total. The second-order valence-corrected chi connectivity index (χ2v) is 8.57. The molecule has 0 aliphatic heterocycles. The van der Waals surface area contributed by atoms with E-state index in [0.717, 1.165) is 41.8 Å². The zero-order valence-corrected chi connectivity index (χ0v) is 19.2. The molecule has 13 heteroatoms. The topological polar surface area (TPSA) is 100.0 Å². The highest BCUT2D eigenvalue weighted by molar-refractivity contribution is 5.84. The van der Waals surface area contributed by atoms with Gasteiger partial charge < -0.3 is 14.6 Å². The van der Waals surface area contributed by atoms with Gasteiger partial charge in [0, 0.05) is 49.7 Å². The lowest BCUT2D eigenvalue weighted by Gasteiger charge is -2.12. The summed E-state index contributed by atoms with van der Waals surface area (Å²) in [6.07, 6.45) is 5.88. The van der Waals surface area contributed by atoms with Gasteiger partial charge in [0.1, 0.15) is 17.1 Å². The van der Waals surface area contributed by atoms with Crippen molar-refractivity contribution in [2.75, 3.05) is 5.32 Å². The molecular formula is C23H20F3N9O. The van der Waals surface area contributed by atoms with E-state index >= 15 is 0 Å². The van der Waals surface area contributed by atoms with Crippen LogP contribution in [0.5, 0.6) is 5.75 Å². The first-order chi connectivity index (χ1) is 17.2. The highest BCUT2D eigenvalue weighted by Crippen LogP contribution is 2.37. The van der Waals surface area contributed by atoms with Crippen LogP contribution in [0, 0.1) is 6.92 Å². The SMILES string of the molecule is Cc1c(-c2ccn(C3CC3)n2)cn2nc(-c3nccn3C)nc(Nc3cc(OC(F)(F)F)ccn3)c12. The molecule has 1 aliphatic carbocycles. The molecule has 0 amide bonds. The van der Waals surface area contributed by atoms with E-state index in [1.165, 1.54) is 6.20 Å². The summed E-state index contributed by atoms with van der Waals surface area (Å²) in [7, 11) is 1.82. The second-order valence-electron chi connectivity index (χ2n) is 8.57. The van der Waals surface area contributed by atoms with E-state index in [2.05, 4.69) is 30.1 Å². The summed E-state index contributed by atoms with van der Waals surface area (Å²) in [5, 5.41) is 12.4. The minimum Gasteiger partial charge on any atom is -0.406 e. The average Bonchev–Trinajstić information content (AvgIpc) is 3.22. The van der Waals surface area contributed by atoms with Crippen LogP contribution in [0.15, 0.2) is 49.2 Å². The number of fused-ring (bicyclic) bond motifs is 1. The standard InChI is InChI=1S/C23H20F3N9O/c1-13-16(17-6-9-34(31-17)14-3-4-14)12-35-19(13)20(30-21(32-35)22-28-8-10-33(22)2)29-18-11-15(5-7-27-18)36-23(24,25)26/h5-12,14H,3-4H2,1-2H3,(H,27,29,30,32). The molecule has 0 spiro atoms. The van der Waals surface area contributed by atoms with Gasteiger partial charge in [-0.25, -0.2) is 19.5 Å². The Bertz CT molecular complexity index is 1580. The zero-order chi connectivity index (χ0) is 25.0. The molecule has 0 radical (unpaired) electrons. The monoisotopic (exact) mass is 495 g/mol. The molecule has 5 aromatic heterocycles. The molecule has 1 aliphatic rings. The fraction of sp³-hybridized carbons (Fsp3) is 0.261. The number of anilines is 2. The number of imidazole rings is 1. The number of aryl methyl sites for hydroxylation is 2. The van der Waals surface area contributed by atoms with Crippen LogP contribution in [0.2, 0.25) is 0 Å². The summed E-state index contributed by atoms with van der Waals surface area (Å²) < 4.78 is 47.6. The van der Waals surface area contributed by atoms with Gasteiger partial charge in [-0.3, -0.25) is 4.68 Å². The Kier molecular flexibility index (Phi) is 4.95. The lowest BCUT2D eigenvalue weighted by atomic mass is 10.1. The van der Waals surface area contributed by atoms with Crippen LogP contribution in [0.3, 0.4) is 0 Å². The molecule has 0 unspecified atom stereocenters. The Hall–Kier alpha value is -4.42. The van der Waals surface area contributed by atoms with Crippen LogP contribution in [-0.4, -0.2) is 45.3 Å². The van der Waals surface area contributed by atoms with Crippen molar-refractivity contribution in [2.24, 2.45) is 7.05 Å². The maximum Gasteiger partial charge on any atom is 0.573 e. The van der Waals surface area contributed by atoms with Gasteiger partial charge >= 0.3 is 6.36 Å².